The first-order valence-electron chi connectivity index (χ1n) is 8.30. The number of pyridine rings is 1. The maximum Gasteiger partial charge on any atom is 0.255 e. The number of nitrogens with zero attached hydrogens (tertiary/aromatic N) is 1. The average molecular weight is 371 g/mol. The summed E-state index contributed by atoms with van der Waals surface area (Å²) in [5.41, 5.74) is 4.21. The van der Waals surface area contributed by atoms with Gasteiger partial charge in [-0.05, 0) is 61.6 Å². The number of hydrogen-bond donors (Lipinski definition) is 1. The summed E-state index contributed by atoms with van der Waals surface area (Å²) in [7, 11) is 0. The van der Waals surface area contributed by atoms with Crippen LogP contribution in [-0.4, -0.2) is 10.9 Å². The summed E-state index contributed by atoms with van der Waals surface area (Å²) in [6, 6.07) is 12.5. The number of carbonyl (C=O) groups is 1. The van der Waals surface area contributed by atoms with Crippen molar-refractivity contribution in [3.63, 3.8) is 0 Å². The maximum absolute atomic E-state index is 12.5. The van der Waals surface area contributed by atoms with Crippen molar-refractivity contribution >= 4 is 45.7 Å². The van der Waals surface area contributed by atoms with Crippen LogP contribution >= 0.6 is 23.2 Å². The molecule has 1 amide bonds. The van der Waals surface area contributed by atoms with Crippen LogP contribution in [0.4, 0.5) is 5.69 Å². The zero-order chi connectivity index (χ0) is 17.4. The van der Waals surface area contributed by atoms with Crippen LogP contribution in [0.2, 0.25) is 10.0 Å². The number of anilines is 1. The number of carbonyl (C=O) groups excluding carboxylic acids is 1. The molecule has 0 unspecified atom stereocenters. The van der Waals surface area contributed by atoms with Crippen LogP contribution in [0.3, 0.4) is 0 Å². The molecule has 0 atom stereocenters. The van der Waals surface area contributed by atoms with Crippen molar-refractivity contribution < 1.29 is 4.79 Å². The molecule has 0 fully saturated rings. The van der Waals surface area contributed by atoms with E-state index in [9.17, 15) is 4.79 Å². The first kappa shape index (κ1) is 16.4. The Morgan fingerprint density at radius 3 is 2.72 bits per heavy atom. The molecule has 4 rings (SSSR count). The Hall–Kier alpha value is -2.10. The molecule has 25 heavy (non-hydrogen) atoms. The highest BCUT2D eigenvalue weighted by Crippen LogP contribution is 2.33. The highest BCUT2D eigenvalue weighted by Gasteiger charge is 2.18. The summed E-state index contributed by atoms with van der Waals surface area (Å²) < 4.78 is 0. The second kappa shape index (κ2) is 6.66. The summed E-state index contributed by atoms with van der Waals surface area (Å²) in [4.78, 5) is 17.3. The minimum absolute atomic E-state index is 0.195. The van der Waals surface area contributed by atoms with Crippen LogP contribution in [0, 0.1) is 0 Å². The number of rotatable bonds is 2. The molecular formula is C20H16Cl2N2O. The van der Waals surface area contributed by atoms with E-state index in [1.165, 1.54) is 0 Å². The van der Waals surface area contributed by atoms with Crippen molar-refractivity contribution in [1.82, 2.24) is 4.98 Å². The molecule has 0 saturated heterocycles. The van der Waals surface area contributed by atoms with Crippen molar-refractivity contribution in [3.05, 3.63) is 69.3 Å². The first-order chi connectivity index (χ1) is 12.1. The van der Waals surface area contributed by atoms with E-state index in [2.05, 4.69) is 5.32 Å². The molecule has 0 saturated carbocycles. The molecule has 1 N–H and O–H groups in total. The van der Waals surface area contributed by atoms with Gasteiger partial charge in [-0.1, -0.05) is 35.3 Å². The Balaban J connectivity index is 1.70. The van der Waals surface area contributed by atoms with Gasteiger partial charge in [0.15, 0.2) is 0 Å². The van der Waals surface area contributed by atoms with Gasteiger partial charge < -0.3 is 5.32 Å². The van der Waals surface area contributed by atoms with E-state index in [4.69, 9.17) is 28.2 Å². The predicted molar refractivity (Wildman–Crippen MR) is 103 cm³/mol. The zero-order valence-corrected chi connectivity index (χ0v) is 15.0. The van der Waals surface area contributed by atoms with Gasteiger partial charge in [-0.3, -0.25) is 9.78 Å². The van der Waals surface area contributed by atoms with Crippen molar-refractivity contribution in [3.8, 4) is 0 Å². The molecule has 3 nitrogen and oxygen atoms in total. The number of aryl methyl sites for hydroxylation is 1. The minimum Gasteiger partial charge on any atom is -0.322 e. The summed E-state index contributed by atoms with van der Waals surface area (Å²) in [5, 5.41) is 5.12. The van der Waals surface area contributed by atoms with Gasteiger partial charge in [-0.2, -0.15) is 0 Å². The van der Waals surface area contributed by atoms with Crippen LogP contribution in [0.5, 0.6) is 0 Å². The third-order valence-corrected chi connectivity index (χ3v) is 5.20. The van der Waals surface area contributed by atoms with Crippen LogP contribution in [0.15, 0.2) is 42.5 Å². The molecule has 0 radical (unpaired) electrons. The van der Waals surface area contributed by atoms with E-state index in [0.29, 0.717) is 16.3 Å². The molecule has 1 heterocycles. The molecule has 0 aliphatic heterocycles. The Bertz CT molecular complexity index is 985. The summed E-state index contributed by atoms with van der Waals surface area (Å²) in [5.74, 6) is -0.195. The van der Waals surface area contributed by atoms with Crippen molar-refractivity contribution in [2.75, 3.05) is 5.32 Å². The lowest BCUT2D eigenvalue weighted by atomic mass is 9.94. The van der Waals surface area contributed by atoms with Crippen LogP contribution in [-0.2, 0) is 12.8 Å². The largest absolute Gasteiger partial charge is 0.322 e. The molecule has 1 aromatic heterocycles. The normalized spacial score (nSPS) is 13.5. The van der Waals surface area contributed by atoms with Crippen molar-refractivity contribution in [1.29, 1.82) is 0 Å². The lowest BCUT2D eigenvalue weighted by Gasteiger charge is -2.18. The monoisotopic (exact) mass is 370 g/mol. The van der Waals surface area contributed by atoms with E-state index in [-0.39, 0.29) is 5.91 Å². The first-order valence-corrected chi connectivity index (χ1v) is 9.05. The average Bonchev–Trinajstić information content (AvgIpc) is 2.61. The molecule has 0 bridgehead atoms. The Kier molecular flexibility index (Phi) is 4.36. The highest BCUT2D eigenvalue weighted by atomic mass is 35.5. The van der Waals surface area contributed by atoms with Crippen LogP contribution in [0.1, 0.15) is 34.5 Å². The lowest BCUT2D eigenvalue weighted by Crippen LogP contribution is -2.12. The SMILES string of the molecule is O=C(Nc1cccc(Cl)c1)c1ccc2c(Cl)c3c(nc2c1)CCCC3. The van der Waals surface area contributed by atoms with Gasteiger partial charge in [0.25, 0.3) is 5.91 Å². The van der Waals surface area contributed by atoms with Crippen molar-refractivity contribution in [2.24, 2.45) is 0 Å². The molecule has 1 aliphatic carbocycles. The molecule has 0 spiro atoms. The molecule has 3 aromatic rings. The number of benzene rings is 2. The smallest absolute Gasteiger partial charge is 0.255 e. The Morgan fingerprint density at radius 1 is 1.04 bits per heavy atom. The standard InChI is InChI=1S/C20H16Cl2N2O/c21-13-4-3-5-14(11-13)23-20(25)12-8-9-16-18(10-12)24-17-7-2-1-6-15(17)19(16)22/h3-5,8-11H,1-2,6-7H2,(H,23,25). The van der Waals surface area contributed by atoms with Crippen LogP contribution in [0.25, 0.3) is 10.9 Å². The molecule has 1 aliphatic rings. The fourth-order valence-electron chi connectivity index (χ4n) is 3.28. The van der Waals surface area contributed by atoms with E-state index < -0.39 is 0 Å². The maximum atomic E-state index is 12.5. The minimum atomic E-state index is -0.195. The quantitative estimate of drug-likeness (QED) is 0.630. The highest BCUT2D eigenvalue weighted by molar-refractivity contribution is 6.36. The van der Waals surface area contributed by atoms with Gasteiger partial charge in [0.1, 0.15) is 0 Å². The summed E-state index contributed by atoms with van der Waals surface area (Å²) >= 11 is 12.5. The third-order valence-electron chi connectivity index (χ3n) is 4.54. The predicted octanol–water partition coefficient (Wildman–Crippen LogP) is 5.67. The van der Waals surface area contributed by atoms with E-state index in [1.807, 2.05) is 6.07 Å². The molecular weight excluding hydrogens is 355 g/mol. The molecule has 5 heteroatoms. The van der Waals surface area contributed by atoms with E-state index >= 15 is 0 Å². The van der Waals surface area contributed by atoms with E-state index in [0.717, 1.165) is 52.9 Å². The number of nitrogens with one attached hydrogen (secondary N) is 1. The lowest BCUT2D eigenvalue weighted by molar-refractivity contribution is 0.102. The van der Waals surface area contributed by atoms with Gasteiger partial charge in [-0.25, -0.2) is 0 Å². The van der Waals surface area contributed by atoms with E-state index in [1.54, 1.807) is 36.4 Å². The fourth-order valence-corrected chi connectivity index (χ4v) is 3.83. The van der Waals surface area contributed by atoms with Gasteiger partial charge >= 0.3 is 0 Å². The second-order valence-electron chi connectivity index (χ2n) is 6.25. The fraction of sp³-hybridized carbons (Fsp3) is 0.200. The second-order valence-corrected chi connectivity index (χ2v) is 7.07. The topological polar surface area (TPSA) is 42.0 Å². The summed E-state index contributed by atoms with van der Waals surface area (Å²) in [6.45, 7) is 0. The van der Waals surface area contributed by atoms with Gasteiger partial charge in [-0.15, -0.1) is 0 Å². The summed E-state index contributed by atoms with van der Waals surface area (Å²) in [6.07, 6.45) is 4.22. The Labute approximate surface area is 156 Å². The van der Waals surface area contributed by atoms with Gasteiger partial charge in [0.05, 0.1) is 10.5 Å². The van der Waals surface area contributed by atoms with Gasteiger partial charge in [0.2, 0.25) is 0 Å². The number of amides is 1. The Morgan fingerprint density at radius 2 is 1.88 bits per heavy atom. The van der Waals surface area contributed by atoms with Gasteiger partial charge in [0, 0.05) is 27.4 Å². The number of aromatic nitrogens is 1. The number of hydrogen-bond acceptors (Lipinski definition) is 2. The molecule has 126 valence electrons. The van der Waals surface area contributed by atoms with Crippen LogP contribution < -0.4 is 5.32 Å². The number of fused-ring (bicyclic) bond motifs is 2. The molecule has 2 aromatic carbocycles. The number of halogens is 2. The third kappa shape index (κ3) is 3.22. The zero-order valence-electron chi connectivity index (χ0n) is 13.5. The van der Waals surface area contributed by atoms with Crippen molar-refractivity contribution in [2.45, 2.75) is 25.7 Å².